The molecule has 1 unspecified atom stereocenters. The molecule has 15 heteroatoms. The van der Waals surface area contributed by atoms with E-state index in [4.69, 9.17) is 15.2 Å². The quantitative estimate of drug-likeness (QED) is 0.183. The van der Waals surface area contributed by atoms with Crippen molar-refractivity contribution in [2.75, 3.05) is 46.1 Å². The van der Waals surface area contributed by atoms with Crippen LogP contribution in [0.3, 0.4) is 0 Å². The van der Waals surface area contributed by atoms with Crippen molar-refractivity contribution in [3.05, 3.63) is 0 Å². The summed E-state index contributed by atoms with van der Waals surface area (Å²) in [6, 6.07) is -2.41. The number of nitrogens with two attached hydrogens (primary N) is 1. The van der Waals surface area contributed by atoms with Gasteiger partial charge in [0.05, 0.1) is 32.4 Å². The number of sulfonamides is 1. The van der Waals surface area contributed by atoms with Gasteiger partial charge in [-0.2, -0.15) is 9.21 Å². The Kier molecular flexibility index (Phi) is 14.5. The van der Waals surface area contributed by atoms with E-state index in [1.165, 1.54) is 14.0 Å². The number of unbranched alkanes of at least 4 members (excludes halogenated alkanes) is 1. The molecule has 0 aliphatic carbocycles. The summed E-state index contributed by atoms with van der Waals surface area (Å²) in [6.45, 7) is 8.47. The lowest BCUT2D eigenvalue weighted by atomic mass is 9.92. The molecular formula is C27H50N5O9S+. The smallest absolute Gasteiger partial charge is 0.410 e. The lowest BCUT2D eigenvalue weighted by Crippen LogP contribution is -2.63. The fourth-order valence-corrected chi connectivity index (χ4v) is 5.81. The molecule has 0 aromatic carbocycles. The maximum Gasteiger partial charge on any atom is 0.410 e. The van der Waals surface area contributed by atoms with E-state index in [0.717, 1.165) is 7.11 Å². The molecule has 0 spiro atoms. The number of methoxy groups -OCH3 is 1. The van der Waals surface area contributed by atoms with Crippen LogP contribution in [0.25, 0.3) is 0 Å². The number of quaternary nitrogens is 1. The van der Waals surface area contributed by atoms with E-state index in [1.54, 1.807) is 25.7 Å². The molecule has 1 aliphatic rings. The van der Waals surface area contributed by atoms with Gasteiger partial charge in [-0.15, -0.1) is 0 Å². The van der Waals surface area contributed by atoms with Gasteiger partial charge in [0, 0.05) is 13.1 Å². The van der Waals surface area contributed by atoms with Gasteiger partial charge >= 0.3 is 23.9 Å². The summed E-state index contributed by atoms with van der Waals surface area (Å²) in [5.41, 5.74) is 4.95. The number of ether oxygens (including phenoxy) is 2. The first-order valence-corrected chi connectivity index (χ1v) is 16.0. The van der Waals surface area contributed by atoms with E-state index in [9.17, 15) is 32.4 Å². The maximum absolute atomic E-state index is 13.6. The third kappa shape index (κ3) is 12.3. The molecule has 242 valence electrons. The number of likely N-dealkylation sites (N-methyl/N-ethyl adjacent to an activating group) is 1. The molecule has 1 heterocycles. The Bertz CT molecular complexity index is 1070. The highest BCUT2D eigenvalue weighted by Crippen LogP contribution is 2.25. The number of carbonyl (C=O) groups is 5. The van der Waals surface area contributed by atoms with Crippen molar-refractivity contribution in [3.63, 3.8) is 0 Å². The van der Waals surface area contributed by atoms with Crippen LogP contribution in [0.15, 0.2) is 0 Å². The summed E-state index contributed by atoms with van der Waals surface area (Å²) in [4.78, 5) is 65.7. The highest BCUT2D eigenvalue weighted by Gasteiger charge is 2.45. The molecular weight excluding hydrogens is 570 g/mol. The summed E-state index contributed by atoms with van der Waals surface area (Å²) >= 11 is 0. The number of carbonyl (C=O) groups excluding carboxylic acids is 5. The van der Waals surface area contributed by atoms with E-state index in [2.05, 4.69) is 10.0 Å². The number of piperidine rings is 1. The topological polar surface area (TPSA) is 191 Å². The van der Waals surface area contributed by atoms with Crippen LogP contribution >= 0.6 is 0 Å². The van der Waals surface area contributed by atoms with Crippen LogP contribution in [0.2, 0.25) is 0 Å². The molecule has 3 atom stereocenters. The molecule has 0 aromatic rings. The molecule has 0 bridgehead atoms. The van der Waals surface area contributed by atoms with E-state index in [0.29, 0.717) is 45.2 Å². The molecule has 14 nitrogen and oxygen atoms in total. The lowest BCUT2D eigenvalue weighted by molar-refractivity contribution is -0.758. The average Bonchev–Trinajstić information content (AvgIpc) is 2.91. The van der Waals surface area contributed by atoms with Crippen LogP contribution in [0, 0.1) is 5.92 Å². The van der Waals surface area contributed by atoms with E-state index >= 15 is 0 Å². The molecule has 4 amide bonds. The minimum absolute atomic E-state index is 0.0446. The van der Waals surface area contributed by atoms with Crippen molar-refractivity contribution in [2.24, 2.45) is 11.7 Å². The molecule has 4 N–H and O–H groups in total. The zero-order valence-corrected chi connectivity index (χ0v) is 26.9. The predicted molar refractivity (Wildman–Crippen MR) is 155 cm³/mol. The number of likely N-dealkylation sites (tertiary alicyclic amines) is 1. The third-order valence-electron chi connectivity index (χ3n) is 7.08. The van der Waals surface area contributed by atoms with Gasteiger partial charge in [-0.25, -0.2) is 22.8 Å². The predicted octanol–water partition coefficient (Wildman–Crippen LogP) is 0.638. The van der Waals surface area contributed by atoms with Crippen molar-refractivity contribution in [1.82, 2.24) is 14.9 Å². The summed E-state index contributed by atoms with van der Waals surface area (Å²) in [7, 11) is -1.55. The Morgan fingerprint density at radius 1 is 1.10 bits per heavy atom. The van der Waals surface area contributed by atoms with Crippen molar-refractivity contribution < 1.29 is 46.3 Å². The van der Waals surface area contributed by atoms with Gasteiger partial charge in [0.25, 0.3) is 0 Å². The molecule has 42 heavy (non-hydrogen) atoms. The first-order chi connectivity index (χ1) is 19.3. The van der Waals surface area contributed by atoms with Gasteiger partial charge in [0.15, 0.2) is 6.04 Å². The number of rotatable bonds is 14. The van der Waals surface area contributed by atoms with Gasteiger partial charge < -0.3 is 25.4 Å². The minimum Gasteiger partial charge on any atom is -0.468 e. The average molecular weight is 621 g/mol. The Morgan fingerprint density at radius 3 is 2.19 bits per heavy atom. The summed E-state index contributed by atoms with van der Waals surface area (Å²) in [5.74, 6) is -2.99. The first-order valence-electron chi connectivity index (χ1n) is 14.4. The van der Waals surface area contributed by atoms with Crippen LogP contribution in [0.1, 0.15) is 73.1 Å². The standard InChI is InChI=1S/C27H49N5O9S/c1-8-9-16-42(38,39)30-21(25(36)40-7)18-32(6,23(34)17-29-24(35)19(2)28)22(33)11-10-20-12-14-31(15-13-20)26(37)41-27(3,4)5/h19-21,30H,8-18,28H2,1-7H3/p+1/t19-,21-,32?/m0/s1. The fraction of sp³-hybridized carbons (Fsp3) is 0.815. The second kappa shape index (κ2) is 16.3. The number of imide groups is 1. The van der Waals surface area contributed by atoms with Gasteiger partial charge in [-0.3, -0.25) is 9.59 Å². The normalized spacial score (nSPS) is 17.5. The van der Waals surface area contributed by atoms with Crippen LogP contribution in [-0.2, 0) is 38.7 Å². The fourth-order valence-electron chi connectivity index (χ4n) is 4.42. The molecule has 0 aromatic heterocycles. The molecule has 1 fully saturated rings. The van der Waals surface area contributed by atoms with Gasteiger partial charge in [0.1, 0.15) is 18.7 Å². The van der Waals surface area contributed by atoms with E-state index in [1.807, 2.05) is 6.92 Å². The summed E-state index contributed by atoms with van der Waals surface area (Å²) in [6.07, 6.45) is 2.20. The first kappa shape index (κ1) is 37.4. The lowest BCUT2D eigenvalue weighted by Gasteiger charge is -2.34. The Balaban J connectivity index is 3.08. The SMILES string of the molecule is CCCCS(=O)(=O)N[C@@H](C[N+](C)(C(=O)CCC1CCN(C(=O)OC(C)(C)C)CC1)C(=O)CNC(=O)[C@H](C)N)C(=O)OC. The molecule has 1 aliphatic heterocycles. The number of hydrogen-bond acceptors (Lipinski definition) is 10. The molecule has 0 radical (unpaired) electrons. The number of esters is 1. The van der Waals surface area contributed by atoms with Gasteiger partial charge in [0.2, 0.25) is 15.9 Å². The van der Waals surface area contributed by atoms with Crippen molar-refractivity contribution in [3.8, 4) is 0 Å². The number of nitrogens with one attached hydrogen (secondary N) is 2. The molecule has 0 saturated carbocycles. The van der Waals surface area contributed by atoms with Crippen LogP contribution < -0.4 is 15.8 Å². The van der Waals surface area contributed by atoms with Crippen LogP contribution in [0.5, 0.6) is 0 Å². The maximum atomic E-state index is 13.6. The molecule has 1 saturated heterocycles. The summed E-state index contributed by atoms with van der Waals surface area (Å²) in [5, 5.41) is 2.39. The zero-order chi connectivity index (χ0) is 32.3. The van der Waals surface area contributed by atoms with Crippen LogP contribution in [-0.4, -0.2) is 111 Å². The van der Waals surface area contributed by atoms with Gasteiger partial charge in [-0.1, -0.05) is 13.3 Å². The van der Waals surface area contributed by atoms with Crippen molar-refractivity contribution in [1.29, 1.82) is 0 Å². The highest BCUT2D eigenvalue weighted by atomic mass is 32.2. The second-order valence-corrected chi connectivity index (χ2v) is 13.9. The molecule has 1 rings (SSSR count). The number of hydrogen-bond donors (Lipinski definition) is 3. The third-order valence-corrected chi connectivity index (χ3v) is 8.55. The highest BCUT2D eigenvalue weighted by molar-refractivity contribution is 7.89. The zero-order valence-electron chi connectivity index (χ0n) is 26.1. The number of amides is 4. The largest absolute Gasteiger partial charge is 0.468 e. The Morgan fingerprint density at radius 2 is 1.69 bits per heavy atom. The van der Waals surface area contributed by atoms with Crippen molar-refractivity contribution in [2.45, 2.75) is 90.8 Å². The van der Waals surface area contributed by atoms with Crippen molar-refractivity contribution >= 4 is 39.8 Å². The Hall–Kier alpha value is -2.62. The summed E-state index contributed by atoms with van der Waals surface area (Å²) < 4.78 is 36.8. The Labute approximate surface area is 249 Å². The van der Waals surface area contributed by atoms with E-state index < -0.39 is 75.1 Å². The van der Waals surface area contributed by atoms with E-state index in [-0.39, 0.29) is 18.1 Å². The number of nitrogens with zero attached hydrogens (tertiary/aromatic N) is 2. The monoisotopic (exact) mass is 620 g/mol. The second-order valence-electron chi connectivity index (χ2n) is 12.0. The van der Waals surface area contributed by atoms with Crippen LogP contribution in [0.4, 0.5) is 4.79 Å². The minimum atomic E-state index is -3.92. The van der Waals surface area contributed by atoms with Gasteiger partial charge in [-0.05, 0) is 59.3 Å².